The molecule has 0 spiro atoms. The van der Waals surface area contributed by atoms with Crippen molar-refractivity contribution in [3.05, 3.63) is 47.4 Å². The number of ether oxygens (including phenoxy) is 1. The lowest BCUT2D eigenvalue weighted by molar-refractivity contribution is 0.0600. The van der Waals surface area contributed by atoms with Gasteiger partial charge in [0.2, 0.25) is 0 Å². The summed E-state index contributed by atoms with van der Waals surface area (Å²) in [4.78, 5) is 34.8. The van der Waals surface area contributed by atoms with Gasteiger partial charge in [0.05, 0.1) is 12.7 Å². The van der Waals surface area contributed by atoms with Crippen LogP contribution in [0.2, 0.25) is 0 Å². The average molecular weight is 342 g/mol. The minimum Gasteiger partial charge on any atom is -0.465 e. The molecule has 0 aliphatic rings. The number of carbonyl (C=O) groups is 2. The molecule has 0 saturated carbocycles. The number of aryl methyl sites for hydroxylation is 1. The third-order valence-electron chi connectivity index (χ3n) is 3.69. The number of amides is 1. The second-order valence-corrected chi connectivity index (χ2v) is 5.36. The van der Waals surface area contributed by atoms with Crippen molar-refractivity contribution in [3.8, 4) is 0 Å². The fraction of sp³-hybridized carbons (Fsp3) is 0.333. The van der Waals surface area contributed by atoms with E-state index in [0.29, 0.717) is 22.9 Å². The number of benzene rings is 1. The number of esters is 1. The summed E-state index contributed by atoms with van der Waals surface area (Å²) in [6.07, 6.45) is 0. The zero-order valence-corrected chi connectivity index (χ0v) is 14.9. The monoisotopic (exact) mass is 342 g/mol. The standard InChI is InChI=1S/C18H22N4O3/c1-5-22(6-2)16-11-15(19-12(3)20-16)17(23)21-14-9-7-8-13(10-14)18(24)25-4/h7-11H,5-6H2,1-4H3,(H,21,23). The van der Waals surface area contributed by atoms with Crippen LogP contribution in [0.25, 0.3) is 0 Å². The first-order valence-electron chi connectivity index (χ1n) is 8.08. The number of nitrogens with one attached hydrogen (secondary N) is 1. The van der Waals surface area contributed by atoms with E-state index in [1.54, 1.807) is 37.3 Å². The van der Waals surface area contributed by atoms with Crippen LogP contribution in [0.3, 0.4) is 0 Å². The van der Waals surface area contributed by atoms with E-state index >= 15 is 0 Å². The Labute approximate surface area is 147 Å². The molecule has 1 aromatic heterocycles. The van der Waals surface area contributed by atoms with Crippen molar-refractivity contribution in [2.75, 3.05) is 30.4 Å². The van der Waals surface area contributed by atoms with Gasteiger partial charge in [-0.3, -0.25) is 4.79 Å². The van der Waals surface area contributed by atoms with Gasteiger partial charge in [-0.05, 0) is 39.0 Å². The van der Waals surface area contributed by atoms with Crippen molar-refractivity contribution in [2.45, 2.75) is 20.8 Å². The third kappa shape index (κ3) is 4.53. The van der Waals surface area contributed by atoms with Gasteiger partial charge < -0.3 is 15.0 Å². The topological polar surface area (TPSA) is 84.4 Å². The lowest BCUT2D eigenvalue weighted by Crippen LogP contribution is -2.25. The Kier molecular flexibility index (Phi) is 6.05. The lowest BCUT2D eigenvalue weighted by Gasteiger charge is -2.20. The molecule has 0 saturated heterocycles. The fourth-order valence-electron chi connectivity index (χ4n) is 2.41. The molecule has 0 bridgehead atoms. The van der Waals surface area contributed by atoms with Crippen LogP contribution in [0.4, 0.5) is 11.5 Å². The molecule has 2 aromatic rings. The van der Waals surface area contributed by atoms with Gasteiger partial charge in [-0.15, -0.1) is 0 Å². The summed E-state index contributed by atoms with van der Waals surface area (Å²) in [5.74, 6) is 0.419. The van der Waals surface area contributed by atoms with Crippen molar-refractivity contribution in [1.29, 1.82) is 0 Å². The van der Waals surface area contributed by atoms with Gasteiger partial charge in [-0.1, -0.05) is 6.07 Å². The van der Waals surface area contributed by atoms with Crippen molar-refractivity contribution in [3.63, 3.8) is 0 Å². The molecule has 0 aliphatic carbocycles. The quantitative estimate of drug-likeness (QED) is 0.813. The maximum atomic E-state index is 12.5. The number of aromatic nitrogens is 2. The summed E-state index contributed by atoms with van der Waals surface area (Å²) in [6.45, 7) is 7.38. The molecule has 1 N–H and O–H groups in total. The summed E-state index contributed by atoms with van der Waals surface area (Å²) < 4.78 is 4.69. The number of anilines is 2. The van der Waals surface area contributed by atoms with E-state index in [0.717, 1.165) is 13.1 Å². The number of nitrogens with zero attached hydrogens (tertiary/aromatic N) is 3. The smallest absolute Gasteiger partial charge is 0.337 e. The van der Waals surface area contributed by atoms with Crippen LogP contribution >= 0.6 is 0 Å². The van der Waals surface area contributed by atoms with Crippen molar-refractivity contribution >= 4 is 23.4 Å². The second kappa shape index (κ2) is 8.23. The zero-order valence-electron chi connectivity index (χ0n) is 14.9. The van der Waals surface area contributed by atoms with E-state index < -0.39 is 5.97 Å². The number of rotatable bonds is 6. The highest BCUT2D eigenvalue weighted by Gasteiger charge is 2.14. The van der Waals surface area contributed by atoms with E-state index in [1.807, 2.05) is 18.7 Å². The summed E-state index contributed by atoms with van der Waals surface area (Å²) in [5, 5.41) is 2.75. The molecule has 0 aliphatic heterocycles. The molecule has 0 atom stereocenters. The van der Waals surface area contributed by atoms with Gasteiger partial charge in [0, 0.05) is 24.8 Å². The minimum atomic E-state index is -0.460. The number of hydrogen-bond acceptors (Lipinski definition) is 6. The minimum absolute atomic E-state index is 0.276. The number of carbonyl (C=O) groups excluding carboxylic acids is 2. The molecule has 0 fully saturated rings. The molecular weight excluding hydrogens is 320 g/mol. The van der Waals surface area contributed by atoms with E-state index in [9.17, 15) is 9.59 Å². The summed E-state index contributed by atoms with van der Waals surface area (Å²) in [5.41, 5.74) is 1.13. The predicted molar refractivity (Wildman–Crippen MR) is 96.1 cm³/mol. The van der Waals surface area contributed by atoms with Gasteiger partial charge in [-0.2, -0.15) is 0 Å². The second-order valence-electron chi connectivity index (χ2n) is 5.36. The molecule has 7 heteroatoms. The number of hydrogen-bond donors (Lipinski definition) is 1. The van der Waals surface area contributed by atoms with Crippen molar-refractivity contribution in [2.24, 2.45) is 0 Å². The Balaban J connectivity index is 2.25. The lowest BCUT2D eigenvalue weighted by atomic mass is 10.2. The Hall–Kier alpha value is -2.96. The highest BCUT2D eigenvalue weighted by Crippen LogP contribution is 2.16. The molecule has 1 aromatic carbocycles. The zero-order chi connectivity index (χ0) is 18.4. The summed E-state index contributed by atoms with van der Waals surface area (Å²) in [6, 6.07) is 8.22. The normalized spacial score (nSPS) is 10.2. The SMILES string of the molecule is CCN(CC)c1cc(C(=O)Nc2cccc(C(=O)OC)c2)nc(C)n1. The van der Waals surface area contributed by atoms with Gasteiger partial charge in [0.25, 0.3) is 5.91 Å². The van der Waals surface area contributed by atoms with Crippen molar-refractivity contribution in [1.82, 2.24) is 9.97 Å². The molecular formula is C18H22N4O3. The van der Waals surface area contributed by atoms with Crippen LogP contribution in [0.15, 0.2) is 30.3 Å². The van der Waals surface area contributed by atoms with E-state index in [4.69, 9.17) is 0 Å². The Morgan fingerprint density at radius 1 is 1.16 bits per heavy atom. The first kappa shape index (κ1) is 18.4. The molecule has 132 valence electrons. The van der Waals surface area contributed by atoms with Crippen LogP contribution in [0, 0.1) is 6.92 Å². The first-order chi connectivity index (χ1) is 12.0. The van der Waals surface area contributed by atoms with Crippen LogP contribution in [-0.2, 0) is 4.74 Å². The fourth-order valence-corrected chi connectivity index (χ4v) is 2.41. The summed E-state index contributed by atoms with van der Waals surface area (Å²) in [7, 11) is 1.31. The van der Waals surface area contributed by atoms with Crippen LogP contribution in [0.1, 0.15) is 40.5 Å². The molecule has 0 radical (unpaired) electrons. The van der Waals surface area contributed by atoms with Gasteiger partial charge in [-0.25, -0.2) is 14.8 Å². The molecule has 25 heavy (non-hydrogen) atoms. The van der Waals surface area contributed by atoms with Gasteiger partial charge in [0.15, 0.2) is 0 Å². The molecule has 7 nitrogen and oxygen atoms in total. The molecule has 0 unspecified atom stereocenters. The molecule has 2 rings (SSSR count). The average Bonchev–Trinajstić information content (AvgIpc) is 2.62. The van der Waals surface area contributed by atoms with E-state index in [1.165, 1.54) is 7.11 Å². The van der Waals surface area contributed by atoms with Crippen LogP contribution in [-0.4, -0.2) is 42.0 Å². The molecule has 1 amide bonds. The van der Waals surface area contributed by atoms with E-state index in [-0.39, 0.29) is 11.6 Å². The highest BCUT2D eigenvalue weighted by molar-refractivity contribution is 6.04. The maximum absolute atomic E-state index is 12.5. The Bertz CT molecular complexity index is 773. The number of methoxy groups -OCH3 is 1. The largest absolute Gasteiger partial charge is 0.465 e. The maximum Gasteiger partial charge on any atom is 0.337 e. The highest BCUT2D eigenvalue weighted by atomic mass is 16.5. The van der Waals surface area contributed by atoms with Crippen LogP contribution < -0.4 is 10.2 Å². The molecule has 1 heterocycles. The van der Waals surface area contributed by atoms with Gasteiger partial charge >= 0.3 is 5.97 Å². The van der Waals surface area contributed by atoms with Gasteiger partial charge in [0.1, 0.15) is 17.3 Å². The summed E-state index contributed by atoms with van der Waals surface area (Å²) >= 11 is 0. The Morgan fingerprint density at radius 3 is 2.52 bits per heavy atom. The third-order valence-corrected chi connectivity index (χ3v) is 3.69. The van der Waals surface area contributed by atoms with E-state index in [2.05, 4.69) is 20.0 Å². The van der Waals surface area contributed by atoms with Crippen molar-refractivity contribution < 1.29 is 14.3 Å². The Morgan fingerprint density at radius 2 is 1.88 bits per heavy atom. The predicted octanol–water partition coefficient (Wildman–Crippen LogP) is 2.67. The van der Waals surface area contributed by atoms with Crippen LogP contribution in [0.5, 0.6) is 0 Å². The first-order valence-corrected chi connectivity index (χ1v) is 8.08.